The highest BCUT2D eigenvalue weighted by Crippen LogP contribution is 2.44. The summed E-state index contributed by atoms with van der Waals surface area (Å²) in [5.41, 5.74) is 5.36. The van der Waals surface area contributed by atoms with Crippen molar-refractivity contribution in [1.29, 1.82) is 0 Å². The predicted molar refractivity (Wildman–Crippen MR) is 93.2 cm³/mol. The van der Waals surface area contributed by atoms with Crippen molar-refractivity contribution in [1.82, 2.24) is 0 Å². The van der Waals surface area contributed by atoms with Crippen LogP contribution in [-0.4, -0.2) is 0 Å². The van der Waals surface area contributed by atoms with Gasteiger partial charge >= 0.3 is 0 Å². The van der Waals surface area contributed by atoms with Crippen LogP contribution < -0.4 is 0 Å². The molecule has 0 bridgehead atoms. The molecule has 1 saturated carbocycles. The quantitative estimate of drug-likeness (QED) is 0.408. The Morgan fingerprint density at radius 3 is 2.67 bits per heavy atom. The van der Waals surface area contributed by atoms with E-state index in [9.17, 15) is 0 Å². The molecule has 0 amide bonds. The highest BCUT2D eigenvalue weighted by atomic mass is 14.4. The molecule has 118 valence electrons. The fourth-order valence-corrected chi connectivity index (χ4v) is 4.20. The van der Waals surface area contributed by atoms with E-state index in [0.717, 1.165) is 30.1 Å². The third-order valence-electron chi connectivity index (χ3n) is 6.09. The van der Waals surface area contributed by atoms with Crippen LogP contribution in [-0.2, 0) is 0 Å². The zero-order chi connectivity index (χ0) is 15.2. The molecule has 0 aromatic heterocycles. The molecule has 0 aromatic rings. The van der Waals surface area contributed by atoms with Crippen LogP contribution in [0.5, 0.6) is 0 Å². The Labute approximate surface area is 132 Å². The summed E-state index contributed by atoms with van der Waals surface area (Å²) in [6, 6.07) is 0. The maximum Gasteiger partial charge on any atom is -0.00928 e. The molecule has 0 heteroatoms. The SMILES string of the molecule is CCC1CC(CC)C(C2=C=CCC=CC(C)C(C)CC2)C1. The van der Waals surface area contributed by atoms with Gasteiger partial charge in [-0.25, -0.2) is 0 Å². The van der Waals surface area contributed by atoms with Gasteiger partial charge in [-0.1, -0.05) is 52.7 Å². The van der Waals surface area contributed by atoms with E-state index >= 15 is 0 Å². The molecule has 5 unspecified atom stereocenters. The van der Waals surface area contributed by atoms with Crippen molar-refractivity contribution in [2.75, 3.05) is 0 Å². The predicted octanol–water partition coefficient (Wildman–Crippen LogP) is 6.54. The summed E-state index contributed by atoms with van der Waals surface area (Å²) < 4.78 is 0. The topological polar surface area (TPSA) is 0 Å². The second-order valence-electron chi connectivity index (χ2n) is 7.43. The second kappa shape index (κ2) is 8.04. The minimum Gasteiger partial charge on any atom is -0.125 e. The smallest absolute Gasteiger partial charge is 0.00928 e. The molecule has 5 atom stereocenters. The van der Waals surface area contributed by atoms with Crippen LogP contribution in [0.15, 0.2) is 29.5 Å². The van der Waals surface area contributed by atoms with E-state index in [2.05, 4.69) is 51.7 Å². The lowest BCUT2D eigenvalue weighted by molar-refractivity contribution is 0.385. The molecule has 2 rings (SSSR count). The van der Waals surface area contributed by atoms with Crippen molar-refractivity contribution < 1.29 is 0 Å². The number of hydrogen-bond donors (Lipinski definition) is 0. The van der Waals surface area contributed by atoms with Crippen LogP contribution in [0.3, 0.4) is 0 Å². The van der Waals surface area contributed by atoms with Crippen molar-refractivity contribution in [3.8, 4) is 0 Å². The Hall–Kier alpha value is -0.740. The van der Waals surface area contributed by atoms with Crippen molar-refractivity contribution in [2.24, 2.45) is 29.6 Å². The van der Waals surface area contributed by atoms with Crippen molar-refractivity contribution in [3.63, 3.8) is 0 Å². The molecule has 0 heterocycles. The maximum atomic E-state index is 3.72. The third kappa shape index (κ3) is 4.36. The van der Waals surface area contributed by atoms with Gasteiger partial charge < -0.3 is 0 Å². The molecular weight excluding hydrogens is 252 g/mol. The van der Waals surface area contributed by atoms with E-state index in [-0.39, 0.29) is 0 Å². The summed E-state index contributed by atoms with van der Waals surface area (Å²) in [5, 5.41) is 0. The number of allylic oxidation sites excluding steroid dienone is 3. The first kappa shape index (κ1) is 16.6. The minimum atomic E-state index is 0.715. The Kier molecular flexibility index (Phi) is 6.37. The first-order chi connectivity index (χ1) is 10.2. The van der Waals surface area contributed by atoms with Gasteiger partial charge in [0.25, 0.3) is 0 Å². The zero-order valence-corrected chi connectivity index (χ0v) is 14.6. The third-order valence-corrected chi connectivity index (χ3v) is 6.09. The molecule has 0 radical (unpaired) electrons. The monoisotopic (exact) mass is 286 g/mol. The van der Waals surface area contributed by atoms with Crippen molar-refractivity contribution >= 4 is 0 Å². The largest absolute Gasteiger partial charge is 0.125 e. The second-order valence-corrected chi connectivity index (χ2v) is 7.43. The molecule has 0 nitrogen and oxygen atoms in total. The number of hydrogen-bond acceptors (Lipinski definition) is 0. The van der Waals surface area contributed by atoms with E-state index in [1.54, 1.807) is 5.57 Å². The van der Waals surface area contributed by atoms with Crippen LogP contribution in [0, 0.1) is 29.6 Å². The highest BCUT2D eigenvalue weighted by Gasteiger charge is 2.34. The van der Waals surface area contributed by atoms with Gasteiger partial charge in [0.05, 0.1) is 0 Å². The number of rotatable bonds is 3. The molecule has 0 saturated heterocycles. The summed E-state index contributed by atoms with van der Waals surface area (Å²) >= 11 is 0. The molecule has 2 aliphatic rings. The maximum absolute atomic E-state index is 3.72. The standard InChI is InChI=1S/C21H34/c1-5-18-14-19(6-2)21(15-18)20-11-9-7-8-10-16(3)17(4)12-13-20/h8-10,16-19,21H,5-7,12-15H2,1-4H3. The molecule has 21 heavy (non-hydrogen) atoms. The van der Waals surface area contributed by atoms with E-state index in [1.807, 2.05) is 0 Å². The van der Waals surface area contributed by atoms with Crippen LogP contribution in [0.25, 0.3) is 0 Å². The Morgan fingerprint density at radius 2 is 1.95 bits per heavy atom. The lowest BCUT2D eigenvalue weighted by atomic mass is 9.81. The molecule has 0 aromatic carbocycles. The fourth-order valence-electron chi connectivity index (χ4n) is 4.20. The van der Waals surface area contributed by atoms with Gasteiger partial charge in [0.15, 0.2) is 0 Å². The zero-order valence-electron chi connectivity index (χ0n) is 14.6. The summed E-state index contributed by atoms with van der Waals surface area (Å²) in [6.45, 7) is 9.53. The van der Waals surface area contributed by atoms with Gasteiger partial charge in [0.2, 0.25) is 0 Å². The van der Waals surface area contributed by atoms with Crippen LogP contribution in [0.4, 0.5) is 0 Å². The van der Waals surface area contributed by atoms with Gasteiger partial charge in [-0.05, 0) is 73.3 Å². The summed E-state index contributed by atoms with van der Waals surface area (Å²) in [4.78, 5) is 0. The van der Waals surface area contributed by atoms with Crippen LogP contribution in [0.2, 0.25) is 0 Å². The summed E-state index contributed by atoms with van der Waals surface area (Å²) in [5.74, 6) is 4.20. The van der Waals surface area contributed by atoms with Gasteiger partial charge in [0, 0.05) is 0 Å². The van der Waals surface area contributed by atoms with Crippen LogP contribution in [0.1, 0.15) is 72.6 Å². The lowest BCUT2D eigenvalue weighted by Crippen LogP contribution is -2.12. The molecule has 0 aliphatic heterocycles. The van der Waals surface area contributed by atoms with Gasteiger partial charge in [0.1, 0.15) is 0 Å². The Balaban J connectivity index is 2.16. The average molecular weight is 287 g/mol. The van der Waals surface area contributed by atoms with E-state index < -0.39 is 0 Å². The van der Waals surface area contributed by atoms with Crippen molar-refractivity contribution in [2.45, 2.75) is 72.6 Å². The van der Waals surface area contributed by atoms with E-state index in [1.165, 1.54) is 38.5 Å². The van der Waals surface area contributed by atoms with Gasteiger partial charge in [-0.2, -0.15) is 0 Å². The Morgan fingerprint density at radius 1 is 1.14 bits per heavy atom. The fraction of sp³-hybridized carbons (Fsp3) is 0.762. The molecular formula is C21H34. The molecule has 0 spiro atoms. The molecule has 0 N–H and O–H groups in total. The van der Waals surface area contributed by atoms with Gasteiger partial charge in [-0.15, -0.1) is 5.73 Å². The summed E-state index contributed by atoms with van der Waals surface area (Å²) in [6.07, 6.45) is 16.2. The molecule has 2 aliphatic carbocycles. The van der Waals surface area contributed by atoms with Crippen molar-refractivity contribution in [3.05, 3.63) is 29.5 Å². The first-order valence-corrected chi connectivity index (χ1v) is 9.26. The average Bonchev–Trinajstić information content (AvgIpc) is 2.92. The minimum absolute atomic E-state index is 0.715. The van der Waals surface area contributed by atoms with E-state index in [0.29, 0.717) is 5.92 Å². The van der Waals surface area contributed by atoms with Gasteiger partial charge in [-0.3, -0.25) is 0 Å². The van der Waals surface area contributed by atoms with Crippen LogP contribution >= 0.6 is 0 Å². The highest BCUT2D eigenvalue weighted by molar-refractivity contribution is 5.13. The lowest BCUT2D eigenvalue weighted by Gasteiger charge is -2.23. The summed E-state index contributed by atoms with van der Waals surface area (Å²) in [7, 11) is 0. The molecule has 1 fully saturated rings. The Bertz CT molecular complexity index is 408. The normalized spacial score (nSPS) is 37.5. The van der Waals surface area contributed by atoms with E-state index in [4.69, 9.17) is 0 Å². The first-order valence-electron chi connectivity index (χ1n) is 9.26.